The zero-order valence-electron chi connectivity index (χ0n) is 3.86. The largest absolute Gasteiger partial charge is 0.269 e. The smallest absolute Gasteiger partial charge is 0.153 e. The van der Waals surface area contributed by atoms with Crippen molar-refractivity contribution in [1.82, 2.24) is 0 Å². The van der Waals surface area contributed by atoms with Crippen LogP contribution in [0, 0.1) is 0 Å². The van der Waals surface area contributed by atoms with E-state index >= 15 is 0 Å². The van der Waals surface area contributed by atoms with Crippen molar-refractivity contribution in [2.75, 3.05) is 0 Å². The lowest BCUT2D eigenvalue weighted by molar-refractivity contribution is 1.11. The van der Waals surface area contributed by atoms with Gasteiger partial charge in [0, 0.05) is 0 Å². The van der Waals surface area contributed by atoms with Gasteiger partial charge in [-0.2, -0.15) is 19.8 Å². The summed E-state index contributed by atoms with van der Waals surface area (Å²) in [4.78, 5) is 0. The van der Waals surface area contributed by atoms with Crippen LogP contribution < -0.4 is 0 Å². The van der Waals surface area contributed by atoms with Gasteiger partial charge in [-0.3, -0.25) is 28.2 Å². The van der Waals surface area contributed by atoms with Crippen molar-refractivity contribution in [3.63, 3.8) is 0 Å². The van der Waals surface area contributed by atoms with Crippen molar-refractivity contribution in [1.29, 1.82) is 0 Å². The lowest BCUT2D eigenvalue weighted by Crippen LogP contribution is 0.419. The summed E-state index contributed by atoms with van der Waals surface area (Å²) in [5.74, 6) is 0. The van der Waals surface area contributed by atoms with Crippen molar-refractivity contribution in [2.24, 2.45) is 0 Å². The summed E-state index contributed by atoms with van der Waals surface area (Å²) in [6.07, 6.45) is 0. The van der Waals surface area contributed by atoms with E-state index in [-0.39, 0.29) is 48.0 Å². The minimum atomic E-state index is 0. The van der Waals surface area contributed by atoms with E-state index in [0.29, 0.717) is 0 Å². The standard InChI is InChI=1S/6FH.2H3P/h6*1H;2*1H3. The molecule has 0 rings (SSSR count). The van der Waals surface area contributed by atoms with Crippen LogP contribution in [0.4, 0.5) is 28.2 Å². The van der Waals surface area contributed by atoms with E-state index in [4.69, 9.17) is 0 Å². The highest BCUT2D eigenvalue weighted by molar-refractivity contribution is 6.92. The van der Waals surface area contributed by atoms with Gasteiger partial charge in [0.1, 0.15) is 0 Å². The van der Waals surface area contributed by atoms with E-state index < -0.39 is 0 Å². The van der Waals surface area contributed by atoms with Crippen molar-refractivity contribution in [3.05, 3.63) is 0 Å². The molecule has 0 bridgehead atoms. The van der Waals surface area contributed by atoms with Gasteiger partial charge in [-0.1, -0.05) is 0 Å². The minimum absolute atomic E-state index is 0. The molecule has 0 saturated heterocycles. The number of hydrogen-bond donors (Lipinski definition) is 0. The normalized spacial score (nSPS) is 0. The van der Waals surface area contributed by atoms with E-state index in [0.717, 1.165) is 0 Å². The molecule has 0 amide bonds. The highest BCUT2D eigenvalue weighted by Crippen LogP contribution is 0.862. The summed E-state index contributed by atoms with van der Waals surface area (Å²) < 4.78 is 0. The Bertz CT molecular complexity index is 6.49. The highest BCUT2D eigenvalue weighted by Gasteiger charge is -0.152. The Morgan fingerprint density at radius 2 is 0.250 bits per heavy atom. The molecule has 0 radical (unpaired) electrons. The van der Waals surface area contributed by atoms with Gasteiger partial charge in [0.2, 0.25) is 0 Å². The predicted molar refractivity (Wildman–Crippen MR) is 37.2 cm³/mol. The first kappa shape index (κ1) is 2410. The molecule has 0 saturated carbocycles. The van der Waals surface area contributed by atoms with Crippen molar-refractivity contribution < 1.29 is 28.2 Å². The van der Waals surface area contributed by atoms with Crippen LogP contribution in [0.5, 0.6) is 0 Å². The zero-order chi connectivity index (χ0) is 0. The fourth-order valence-corrected chi connectivity index (χ4v) is 0. The maximum absolute atomic E-state index is 0. The van der Waals surface area contributed by atoms with Gasteiger partial charge in [0.25, 0.3) is 0 Å². The summed E-state index contributed by atoms with van der Waals surface area (Å²) >= 11 is 0. The van der Waals surface area contributed by atoms with Gasteiger partial charge in [0.15, 0.2) is 0 Å². The summed E-state index contributed by atoms with van der Waals surface area (Å²) in [6.45, 7) is 0. The molecule has 8 heteroatoms. The van der Waals surface area contributed by atoms with Crippen LogP contribution in [-0.2, 0) is 0 Å². The van der Waals surface area contributed by atoms with Crippen LogP contribution in [0.15, 0.2) is 0 Å². The molecule has 0 heterocycles. The maximum Gasteiger partial charge on any atom is -0.153 e. The Kier molecular flexibility index (Phi) is 481000. The number of hydrogen-bond acceptors (Lipinski definition) is 0. The van der Waals surface area contributed by atoms with Gasteiger partial charge >= 0.3 is 0 Å². The Labute approximate surface area is 49.2 Å². The van der Waals surface area contributed by atoms with Crippen molar-refractivity contribution in [3.8, 4) is 0 Å². The molecule has 0 nitrogen and oxygen atoms in total. The fourth-order valence-electron chi connectivity index (χ4n) is 0. The topological polar surface area (TPSA) is 0 Å². The van der Waals surface area contributed by atoms with Crippen LogP contribution in [0.2, 0.25) is 0 Å². The summed E-state index contributed by atoms with van der Waals surface area (Å²) in [7, 11) is 0. The molecule has 0 N–H and O–H groups in total. The zero-order valence-corrected chi connectivity index (χ0v) is 6.69. The average molecular weight is 188 g/mol. The molecule has 0 aromatic rings. The van der Waals surface area contributed by atoms with E-state index in [9.17, 15) is 0 Å². The molecular formula is H12F6P2. The Morgan fingerprint density at radius 1 is 0.250 bits per heavy atom. The second-order valence-electron chi connectivity index (χ2n) is 0. The summed E-state index contributed by atoms with van der Waals surface area (Å²) in [5, 5.41) is 0. The molecule has 0 aliphatic heterocycles. The van der Waals surface area contributed by atoms with Gasteiger partial charge in [-0.25, -0.2) is 0 Å². The number of rotatable bonds is 0. The molecule has 0 fully saturated rings. The van der Waals surface area contributed by atoms with E-state index in [1.165, 1.54) is 0 Å². The Morgan fingerprint density at radius 3 is 0.250 bits per heavy atom. The van der Waals surface area contributed by atoms with E-state index in [1.54, 1.807) is 0 Å². The molecule has 2 atom stereocenters. The monoisotopic (exact) mass is 188 g/mol. The second-order valence-corrected chi connectivity index (χ2v) is 0. The average Bonchev–Trinajstić information content (AvgIpc) is 0. The minimum Gasteiger partial charge on any atom is -0.269 e. The van der Waals surface area contributed by atoms with Gasteiger partial charge in [-0.05, 0) is 0 Å². The Hall–Kier alpha value is 0.440. The van der Waals surface area contributed by atoms with Crippen LogP contribution >= 0.6 is 19.8 Å². The molecule has 0 aromatic carbocycles. The first-order valence-corrected chi connectivity index (χ1v) is 0. The first-order chi connectivity index (χ1) is 0. The molecule has 0 aromatic heterocycles. The van der Waals surface area contributed by atoms with Crippen LogP contribution in [0.3, 0.4) is 0 Å². The fraction of sp³-hybridized carbons (Fsp3) is 0. The van der Waals surface area contributed by atoms with E-state index in [2.05, 4.69) is 0 Å². The lowest BCUT2D eigenvalue weighted by Gasteiger charge is -0.270. The summed E-state index contributed by atoms with van der Waals surface area (Å²) in [5.41, 5.74) is 0. The van der Waals surface area contributed by atoms with Gasteiger partial charge in [0.05, 0.1) is 0 Å². The maximum atomic E-state index is 0. The van der Waals surface area contributed by atoms with Crippen molar-refractivity contribution in [2.45, 2.75) is 0 Å². The van der Waals surface area contributed by atoms with Crippen LogP contribution in [0.1, 0.15) is 0 Å². The molecule has 8 heavy (non-hydrogen) atoms. The molecule has 0 aliphatic carbocycles. The Balaban J connectivity index is 0. The van der Waals surface area contributed by atoms with Gasteiger partial charge < -0.3 is 0 Å². The highest BCUT2D eigenvalue weighted by atomic mass is 31.0. The molecular weight excluding hydrogens is 176 g/mol. The third kappa shape index (κ3) is 984. The molecule has 0 spiro atoms. The first-order valence-electron chi connectivity index (χ1n) is 0. The summed E-state index contributed by atoms with van der Waals surface area (Å²) in [6, 6.07) is 0. The molecule has 2 unspecified atom stereocenters. The van der Waals surface area contributed by atoms with Crippen LogP contribution in [0.25, 0.3) is 0 Å². The van der Waals surface area contributed by atoms with Crippen molar-refractivity contribution >= 4 is 19.8 Å². The predicted octanol–water partition coefficient (Wildman–Crippen LogP) is 1.03. The molecule has 0 aliphatic rings. The van der Waals surface area contributed by atoms with Crippen LogP contribution in [-0.4, -0.2) is 0 Å². The SMILES string of the molecule is F.F.F.F.F.F.P.P. The van der Waals surface area contributed by atoms with E-state index in [1.807, 2.05) is 0 Å². The third-order valence-corrected chi connectivity index (χ3v) is 0. The number of halogens is 6. The second kappa shape index (κ2) is 1590. The quantitative estimate of drug-likeness (QED) is 0.393. The lowest BCUT2D eigenvalue weighted by atomic mass is 19.0. The molecule has 64 valence electrons. The van der Waals surface area contributed by atoms with Gasteiger partial charge in [-0.15, -0.1) is 0 Å². The third-order valence-electron chi connectivity index (χ3n) is 0.